The molecule has 0 fully saturated rings. The first kappa shape index (κ1) is 20.1. The lowest BCUT2D eigenvalue weighted by Gasteiger charge is -2.18. The summed E-state index contributed by atoms with van der Waals surface area (Å²) in [4.78, 5) is 18.1. The van der Waals surface area contributed by atoms with Crippen molar-refractivity contribution in [1.29, 1.82) is 5.41 Å². The van der Waals surface area contributed by atoms with Crippen molar-refractivity contribution in [2.24, 2.45) is 0 Å². The number of aliphatic hydroxyl groups excluding tert-OH is 1. The molecule has 0 bridgehead atoms. The number of esters is 1. The number of amidine groups is 1. The van der Waals surface area contributed by atoms with E-state index in [1.165, 1.54) is 11.3 Å². The standard InChI is InChI=1S/C22H18ClN3O3S/c1-2-29-22(28)14-5-9-16(10-6-14)26-11-18(27)19(20(26)24)21-25-17(12-30-21)13-3-7-15(23)8-4-13/h3-10,12,24,27H,2,11H2,1H3. The second-order valence-electron chi connectivity index (χ2n) is 6.57. The topological polar surface area (TPSA) is 86.5 Å². The fraction of sp³-hybridized carbons (Fsp3) is 0.136. The Kier molecular flexibility index (Phi) is 5.57. The minimum Gasteiger partial charge on any atom is -0.510 e. The fourth-order valence-corrected chi connectivity index (χ4v) is 4.18. The van der Waals surface area contributed by atoms with E-state index in [1.807, 2.05) is 17.5 Å². The zero-order valence-electron chi connectivity index (χ0n) is 16.1. The number of hydrogen-bond donors (Lipinski definition) is 2. The summed E-state index contributed by atoms with van der Waals surface area (Å²) >= 11 is 7.32. The molecule has 3 aromatic rings. The van der Waals surface area contributed by atoms with Gasteiger partial charge < -0.3 is 14.7 Å². The van der Waals surface area contributed by atoms with Gasteiger partial charge in [0.25, 0.3) is 0 Å². The Labute approximate surface area is 182 Å². The van der Waals surface area contributed by atoms with E-state index in [-0.39, 0.29) is 24.1 Å². The normalized spacial score (nSPS) is 13.8. The molecule has 0 spiro atoms. The van der Waals surface area contributed by atoms with Crippen LogP contribution in [-0.2, 0) is 4.74 Å². The van der Waals surface area contributed by atoms with Crippen LogP contribution < -0.4 is 4.90 Å². The third-order valence-corrected chi connectivity index (χ3v) is 5.76. The molecular formula is C22H18ClN3O3S. The average molecular weight is 440 g/mol. The van der Waals surface area contributed by atoms with Gasteiger partial charge in [0.15, 0.2) is 0 Å². The molecule has 1 aromatic heterocycles. The summed E-state index contributed by atoms with van der Waals surface area (Å²) in [5, 5.41) is 22.2. The minimum atomic E-state index is -0.389. The van der Waals surface area contributed by atoms with Crippen LogP contribution in [0.4, 0.5) is 5.69 Å². The van der Waals surface area contributed by atoms with Crippen LogP contribution >= 0.6 is 22.9 Å². The first-order valence-electron chi connectivity index (χ1n) is 9.25. The van der Waals surface area contributed by atoms with Crippen molar-refractivity contribution in [1.82, 2.24) is 4.98 Å². The second kappa shape index (κ2) is 8.30. The van der Waals surface area contributed by atoms with Crippen LogP contribution in [-0.4, -0.2) is 35.0 Å². The highest BCUT2D eigenvalue weighted by Crippen LogP contribution is 2.34. The molecule has 1 aliphatic rings. The van der Waals surface area contributed by atoms with E-state index in [0.29, 0.717) is 33.5 Å². The number of hydrogen-bond acceptors (Lipinski definition) is 6. The van der Waals surface area contributed by atoms with Gasteiger partial charge in [-0.2, -0.15) is 0 Å². The zero-order valence-corrected chi connectivity index (χ0v) is 17.6. The SMILES string of the molecule is CCOC(=O)c1ccc(N2CC(O)=C(c3nc(-c4ccc(Cl)cc4)cs3)C2=N)cc1. The van der Waals surface area contributed by atoms with Crippen molar-refractivity contribution < 1.29 is 14.6 Å². The number of anilines is 1. The van der Waals surface area contributed by atoms with Gasteiger partial charge in [-0.05, 0) is 43.3 Å². The predicted molar refractivity (Wildman–Crippen MR) is 120 cm³/mol. The number of thiazole rings is 1. The third-order valence-electron chi connectivity index (χ3n) is 4.65. The maximum absolute atomic E-state index is 11.8. The lowest BCUT2D eigenvalue weighted by atomic mass is 10.2. The molecule has 152 valence electrons. The molecule has 1 aliphatic heterocycles. The van der Waals surface area contributed by atoms with Crippen molar-refractivity contribution in [2.45, 2.75) is 6.92 Å². The lowest BCUT2D eigenvalue weighted by Crippen LogP contribution is -2.26. The average Bonchev–Trinajstić information content (AvgIpc) is 3.33. The molecule has 0 radical (unpaired) electrons. The largest absolute Gasteiger partial charge is 0.510 e. The fourth-order valence-electron chi connectivity index (χ4n) is 3.16. The van der Waals surface area contributed by atoms with E-state index in [4.69, 9.17) is 21.7 Å². The Morgan fingerprint density at radius 2 is 1.93 bits per heavy atom. The number of nitrogens with zero attached hydrogens (tertiary/aromatic N) is 2. The highest BCUT2D eigenvalue weighted by molar-refractivity contribution is 7.11. The van der Waals surface area contributed by atoms with Gasteiger partial charge in [-0.15, -0.1) is 11.3 Å². The summed E-state index contributed by atoms with van der Waals surface area (Å²) in [6.07, 6.45) is 0. The van der Waals surface area contributed by atoms with Crippen LogP contribution in [0.2, 0.25) is 5.02 Å². The van der Waals surface area contributed by atoms with Crippen molar-refractivity contribution in [3.8, 4) is 11.3 Å². The van der Waals surface area contributed by atoms with E-state index in [1.54, 1.807) is 48.2 Å². The third kappa shape index (κ3) is 3.81. The van der Waals surface area contributed by atoms with Crippen molar-refractivity contribution in [3.05, 3.63) is 75.3 Å². The highest BCUT2D eigenvalue weighted by Gasteiger charge is 2.31. The number of carbonyl (C=O) groups excluding carboxylic acids is 1. The molecule has 0 atom stereocenters. The Hall–Kier alpha value is -3.16. The Bertz CT molecular complexity index is 1140. The number of nitrogens with one attached hydrogen (secondary N) is 1. The van der Waals surface area contributed by atoms with E-state index in [0.717, 1.165) is 11.3 Å². The van der Waals surface area contributed by atoms with Crippen LogP contribution in [0.25, 0.3) is 16.8 Å². The van der Waals surface area contributed by atoms with Gasteiger partial charge >= 0.3 is 5.97 Å². The summed E-state index contributed by atoms with van der Waals surface area (Å²) in [6.45, 7) is 2.23. The number of rotatable bonds is 5. The first-order chi connectivity index (χ1) is 14.5. The van der Waals surface area contributed by atoms with Crippen LogP contribution in [0, 0.1) is 5.41 Å². The van der Waals surface area contributed by atoms with Gasteiger partial charge in [0.1, 0.15) is 16.6 Å². The van der Waals surface area contributed by atoms with Gasteiger partial charge in [0.2, 0.25) is 0 Å². The molecule has 0 saturated carbocycles. The van der Waals surface area contributed by atoms with Gasteiger partial charge in [0, 0.05) is 21.7 Å². The maximum Gasteiger partial charge on any atom is 0.338 e. The molecule has 0 unspecified atom stereocenters. The molecule has 0 amide bonds. The van der Waals surface area contributed by atoms with Crippen LogP contribution in [0.5, 0.6) is 0 Å². The predicted octanol–water partition coefficient (Wildman–Crippen LogP) is 5.41. The second-order valence-corrected chi connectivity index (χ2v) is 7.86. The maximum atomic E-state index is 11.8. The summed E-state index contributed by atoms with van der Waals surface area (Å²) < 4.78 is 4.99. The van der Waals surface area contributed by atoms with Gasteiger partial charge in [-0.1, -0.05) is 23.7 Å². The molecule has 6 nitrogen and oxygen atoms in total. The quantitative estimate of drug-likeness (QED) is 0.519. The molecule has 8 heteroatoms. The Balaban J connectivity index is 1.56. The molecule has 2 N–H and O–H groups in total. The van der Waals surface area contributed by atoms with Crippen LogP contribution in [0.15, 0.2) is 59.7 Å². The first-order valence-corrected chi connectivity index (χ1v) is 10.5. The van der Waals surface area contributed by atoms with Crippen LogP contribution in [0.1, 0.15) is 22.3 Å². The van der Waals surface area contributed by atoms with Gasteiger partial charge in [-0.25, -0.2) is 9.78 Å². The number of ether oxygens (including phenoxy) is 1. The van der Waals surface area contributed by atoms with E-state index in [2.05, 4.69) is 4.98 Å². The molecule has 0 saturated heterocycles. The minimum absolute atomic E-state index is 0.0893. The number of halogens is 1. The summed E-state index contributed by atoms with van der Waals surface area (Å²) in [5.41, 5.74) is 3.23. The molecular weight excluding hydrogens is 422 g/mol. The summed E-state index contributed by atoms with van der Waals surface area (Å²) in [7, 11) is 0. The number of aromatic nitrogens is 1. The Morgan fingerprint density at radius 3 is 2.60 bits per heavy atom. The smallest absolute Gasteiger partial charge is 0.338 e. The number of carbonyl (C=O) groups is 1. The summed E-state index contributed by atoms with van der Waals surface area (Å²) in [6, 6.07) is 14.1. The highest BCUT2D eigenvalue weighted by atomic mass is 35.5. The number of aliphatic hydroxyl groups is 1. The Morgan fingerprint density at radius 1 is 1.23 bits per heavy atom. The molecule has 2 aromatic carbocycles. The van der Waals surface area contributed by atoms with E-state index in [9.17, 15) is 9.90 Å². The van der Waals surface area contributed by atoms with Gasteiger partial charge in [-0.3, -0.25) is 5.41 Å². The zero-order chi connectivity index (χ0) is 21.3. The molecule has 30 heavy (non-hydrogen) atoms. The van der Waals surface area contributed by atoms with E-state index >= 15 is 0 Å². The summed E-state index contributed by atoms with van der Waals surface area (Å²) in [5.74, 6) is -0.139. The number of benzene rings is 2. The molecule has 2 heterocycles. The van der Waals surface area contributed by atoms with Gasteiger partial charge in [0.05, 0.1) is 30.0 Å². The van der Waals surface area contributed by atoms with Crippen molar-refractivity contribution >= 4 is 46.0 Å². The van der Waals surface area contributed by atoms with Crippen molar-refractivity contribution in [2.75, 3.05) is 18.1 Å². The van der Waals surface area contributed by atoms with Crippen molar-refractivity contribution in [3.63, 3.8) is 0 Å². The van der Waals surface area contributed by atoms with Crippen LogP contribution in [0.3, 0.4) is 0 Å². The molecule has 4 rings (SSSR count). The molecule has 0 aliphatic carbocycles. The monoisotopic (exact) mass is 439 g/mol. The van der Waals surface area contributed by atoms with E-state index < -0.39 is 0 Å². The lowest BCUT2D eigenvalue weighted by molar-refractivity contribution is 0.0526.